The average molecular weight is 318 g/mol. The minimum absolute atomic E-state index is 0.532. The first-order valence-electron chi connectivity index (χ1n) is 7.91. The lowest BCUT2D eigenvalue weighted by molar-refractivity contribution is 0.305. The van der Waals surface area contributed by atoms with Crippen LogP contribution in [0.5, 0.6) is 5.88 Å². The quantitative estimate of drug-likeness (QED) is 0.746. The Balaban J connectivity index is 1.79. The van der Waals surface area contributed by atoms with Crippen molar-refractivity contribution in [3.8, 4) is 11.9 Å². The van der Waals surface area contributed by atoms with E-state index in [0.29, 0.717) is 24.6 Å². The van der Waals surface area contributed by atoms with Gasteiger partial charge in [-0.05, 0) is 18.1 Å². The summed E-state index contributed by atoms with van der Waals surface area (Å²) in [5, 5.41) is 13.6. The van der Waals surface area contributed by atoms with E-state index < -0.39 is 0 Å². The second kappa shape index (κ2) is 7.42. The molecule has 0 spiro atoms. The van der Waals surface area contributed by atoms with Gasteiger partial charge in [0.05, 0.1) is 23.4 Å². The van der Waals surface area contributed by atoms with Crippen LogP contribution in [0.2, 0.25) is 0 Å². The Morgan fingerprint density at radius 2 is 2.00 bits per heavy atom. The van der Waals surface area contributed by atoms with Crippen LogP contribution in [0.3, 0.4) is 0 Å². The van der Waals surface area contributed by atoms with Crippen molar-refractivity contribution < 1.29 is 4.74 Å². The number of nitriles is 1. The van der Waals surface area contributed by atoms with Crippen LogP contribution in [0, 0.1) is 11.3 Å². The van der Waals surface area contributed by atoms with E-state index >= 15 is 0 Å². The van der Waals surface area contributed by atoms with E-state index in [-0.39, 0.29) is 0 Å². The number of para-hydroxylation sites is 1. The summed E-state index contributed by atoms with van der Waals surface area (Å²) in [5.41, 5.74) is 3.21. The van der Waals surface area contributed by atoms with Crippen molar-refractivity contribution in [1.29, 1.82) is 5.26 Å². The molecule has 5 nitrogen and oxygen atoms in total. The molecule has 1 aromatic carbocycles. The van der Waals surface area contributed by atoms with E-state index in [1.165, 1.54) is 0 Å². The molecule has 0 unspecified atom stereocenters. The number of rotatable bonds is 6. The number of hydrogen-bond donors (Lipinski definition) is 1. The molecule has 5 heteroatoms. The highest BCUT2D eigenvalue weighted by Crippen LogP contribution is 2.25. The third kappa shape index (κ3) is 3.44. The summed E-state index contributed by atoms with van der Waals surface area (Å²) >= 11 is 0. The van der Waals surface area contributed by atoms with Gasteiger partial charge >= 0.3 is 0 Å². The van der Waals surface area contributed by atoms with Gasteiger partial charge in [0.15, 0.2) is 0 Å². The van der Waals surface area contributed by atoms with Crippen LogP contribution in [0.4, 0.5) is 5.69 Å². The molecule has 0 atom stereocenters. The fraction of sp³-hybridized carbons (Fsp3) is 0.211. The molecule has 0 saturated heterocycles. The van der Waals surface area contributed by atoms with Crippen molar-refractivity contribution in [2.24, 2.45) is 0 Å². The lowest BCUT2D eigenvalue weighted by Gasteiger charge is -2.11. The molecule has 3 aromatic rings. The highest BCUT2D eigenvalue weighted by Gasteiger charge is 2.08. The van der Waals surface area contributed by atoms with E-state index in [9.17, 15) is 5.26 Å². The zero-order chi connectivity index (χ0) is 16.8. The van der Waals surface area contributed by atoms with Crippen LogP contribution in [-0.4, -0.2) is 16.6 Å². The molecule has 0 aliphatic rings. The van der Waals surface area contributed by atoms with E-state index in [2.05, 4.69) is 28.3 Å². The van der Waals surface area contributed by atoms with Crippen molar-refractivity contribution in [3.05, 3.63) is 59.9 Å². The summed E-state index contributed by atoms with van der Waals surface area (Å²) in [7, 11) is 0. The second-order valence-corrected chi connectivity index (χ2v) is 5.38. The molecule has 2 heterocycles. The molecule has 0 fully saturated rings. The molecular formula is C19H18N4O. The fourth-order valence-electron chi connectivity index (χ4n) is 2.41. The van der Waals surface area contributed by atoms with E-state index in [1.54, 1.807) is 12.4 Å². The first kappa shape index (κ1) is 15.8. The van der Waals surface area contributed by atoms with Gasteiger partial charge in [0.25, 0.3) is 0 Å². The normalized spacial score (nSPS) is 10.3. The van der Waals surface area contributed by atoms with Gasteiger partial charge in [-0.2, -0.15) is 5.26 Å². The lowest BCUT2D eigenvalue weighted by atomic mass is 10.1. The van der Waals surface area contributed by atoms with Crippen molar-refractivity contribution in [2.75, 3.05) is 11.9 Å². The topological polar surface area (TPSA) is 70.8 Å². The first-order valence-corrected chi connectivity index (χ1v) is 7.91. The Kier molecular flexibility index (Phi) is 4.87. The number of aromatic nitrogens is 2. The maximum atomic E-state index is 9.34. The first-order chi connectivity index (χ1) is 11.8. The van der Waals surface area contributed by atoms with E-state index in [1.807, 2.05) is 36.4 Å². The van der Waals surface area contributed by atoms with E-state index in [4.69, 9.17) is 4.74 Å². The Morgan fingerprint density at radius 3 is 2.75 bits per heavy atom. The highest BCUT2D eigenvalue weighted by molar-refractivity contribution is 5.93. The summed E-state index contributed by atoms with van der Waals surface area (Å²) in [6.45, 7) is 3.30. The van der Waals surface area contributed by atoms with Gasteiger partial charge in [-0.1, -0.05) is 31.2 Å². The Bertz CT molecular complexity index is 869. The molecule has 120 valence electrons. The van der Waals surface area contributed by atoms with Gasteiger partial charge < -0.3 is 10.1 Å². The van der Waals surface area contributed by atoms with Crippen molar-refractivity contribution >= 4 is 16.6 Å². The summed E-state index contributed by atoms with van der Waals surface area (Å²) < 4.78 is 5.48. The predicted octanol–water partition coefficient (Wildman–Crippen LogP) is 3.90. The van der Waals surface area contributed by atoms with Crippen molar-refractivity contribution in [2.45, 2.75) is 19.9 Å². The van der Waals surface area contributed by atoms with Gasteiger partial charge in [0.2, 0.25) is 5.88 Å². The molecule has 0 aliphatic heterocycles. The summed E-state index contributed by atoms with van der Waals surface area (Å²) in [6, 6.07) is 13.8. The molecule has 0 amide bonds. The number of fused-ring (bicyclic) bond motifs is 1. The van der Waals surface area contributed by atoms with Crippen LogP contribution in [0.15, 0.2) is 48.8 Å². The summed E-state index contributed by atoms with van der Waals surface area (Å²) in [4.78, 5) is 8.61. The Labute approximate surface area is 140 Å². The number of pyridine rings is 2. The SMILES string of the molecule is CCCOc1ccc(CNc2c(C#N)cnc3ccccc23)cn1. The predicted molar refractivity (Wildman–Crippen MR) is 93.8 cm³/mol. The van der Waals surface area contributed by atoms with Crippen LogP contribution >= 0.6 is 0 Å². The molecule has 2 aromatic heterocycles. The number of nitrogens with one attached hydrogen (secondary N) is 1. The summed E-state index contributed by atoms with van der Waals surface area (Å²) in [6.07, 6.45) is 4.34. The molecule has 24 heavy (non-hydrogen) atoms. The average Bonchev–Trinajstić information content (AvgIpc) is 2.65. The Hall–Kier alpha value is -3.13. The minimum atomic E-state index is 0.532. The highest BCUT2D eigenvalue weighted by atomic mass is 16.5. The standard InChI is InChI=1S/C19H18N4O/c1-2-9-24-18-8-7-14(11-22-18)12-23-19-15(10-20)13-21-17-6-4-3-5-16(17)19/h3-8,11,13H,2,9,12H2,1H3,(H,21,23). The zero-order valence-electron chi connectivity index (χ0n) is 13.5. The molecule has 0 radical (unpaired) electrons. The van der Waals surface area contributed by atoms with Gasteiger partial charge in [0, 0.05) is 30.4 Å². The van der Waals surface area contributed by atoms with Crippen LogP contribution < -0.4 is 10.1 Å². The molecule has 3 rings (SSSR count). The maximum Gasteiger partial charge on any atom is 0.213 e. The zero-order valence-corrected chi connectivity index (χ0v) is 13.5. The van der Waals surface area contributed by atoms with Gasteiger partial charge in [0.1, 0.15) is 6.07 Å². The number of anilines is 1. The van der Waals surface area contributed by atoms with E-state index in [0.717, 1.165) is 28.6 Å². The van der Waals surface area contributed by atoms with Gasteiger partial charge in [-0.15, -0.1) is 0 Å². The molecular weight excluding hydrogens is 300 g/mol. The minimum Gasteiger partial charge on any atom is -0.478 e. The maximum absolute atomic E-state index is 9.34. The third-order valence-electron chi connectivity index (χ3n) is 3.62. The number of ether oxygens (including phenoxy) is 1. The Morgan fingerprint density at radius 1 is 1.12 bits per heavy atom. The third-order valence-corrected chi connectivity index (χ3v) is 3.62. The number of hydrogen-bond acceptors (Lipinski definition) is 5. The fourth-order valence-corrected chi connectivity index (χ4v) is 2.41. The molecule has 0 saturated carbocycles. The monoisotopic (exact) mass is 318 g/mol. The van der Waals surface area contributed by atoms with Gasteiger partial charge in [-0.3, -0.25) is 4.98 Å². The van der Waals surface area contributed by atoms with Gasteiger partial charge in [-0.25, -0.2) is 4.98 Å². The van der Waals surface area contributed by atoms with Crippen LogP contribution in [0.1, 0.15) is 24.5 Å². The van der Waals surface area contributed by atoms with Crippen LogP contribution in [0.25, 0.3) is 10.9 Å². The smallest absolute Gasteiger partial charge is 0.213 e. The number of nitrogens with zero attached hydrogens (tertiary/aromatic N) is 3. The van der Waals surface area contributed by atoms with Crippen molar-refractivity contribution in [3.63, 3.8) is 0 Å². The summed E-state index contributed by atoms with van der Waals surface area (Å²) in [5.74, 6) is 0.632. The number of benzene rings is 1. The van der Waals surface area contributed by atoms with Crippen molar-refractivity contribution in [1.82, 2.24) is 9.97 Å². The second-order valence-electron chi connectivity index (χ2n) is 5.38. The molecule has 1 N–H and O–H groups in total. The lowest BCUT2D eigenvalue weighted by Crippen LogP contribution is -2.04. The van der Waals surface area contributed by atoms with Crippen LogP contribution in [-0.2, 0) is 6.54 Å². The largest absolute Gasteiger partial charge is 0.478 e. The molecule has 0 aliphatic carbocycles. The molecule has 0 bridgehead atoms.